The minimum Gasteiger partial charge on any atom is -0.455 e. The van der Waals surface area contributed by atoms with Crippen molar-refractivity contribution in [1.82, 2.24) is 0 Å². The van der Waals surface area contributed by atoms with Gasteiger partial charge in [0, 0.05) is 5.69 Å². The Labute approximate surface area is 170 Å². The van der Waals surface area contributed by atoms with Crippen molar-refractivity contribution in [3.63, 3.8) is 0 Å². The van der Waals surface area contributed by atoms with E-state index in [1.54, 1.807) is 0 Å². The molecular weight excluding hydrogens is 362 g/mol. The Bertz CT molecular complexity index is 995. The molecule has 1 amide bonds. The van der Waals surface area contributed by atoms with Crippen molar-refractivity contribution >= 4 is 17.6 Å². The summed E-state index contributed by atoms with van der Waals surface area (Å²) in [6, 6.07) is 27.4. The molecule has 0 unspecified atom stereocenters. The molecule has 0 atom stereocenters. The molecule has 4 nitrogen and oxygen atoms in total. The smallest absolute Gasteiger partial charge is 0.317 e. The third-order valence-electron chi connectivity index (χ3n) is 5.33. The lowest BCUT2D eigenvalue weighted by Gasteiger charge is -2.15. The molecule has 0 radical (unpaired) electrons. The first-order valence-electron chi connectivity index (χ1n) is 9.82. The number of para-hydroxylation sites is 1. The SMILES string of the molecule is O=C(COC(=O)C1(c2ccccc2)CC1)Nc1ccccc1Cc1ccccc1. The molecule has 0 saturated heterocycles. The molecule has 146 valence electrons. The largest absolute Gasteiger partial charge is 0.455 e. The van der Waals surface area contributed by atoms with Crippen molar-refractivity contribution in [2.45, 2.75) is 24.7 Å². The Morgan fingerprint density at radius 3 is 2.14 bits per heavy atom. The Morgan fingerprint density at radius 1 is 0.828 bits per heavy atom. The fraction of sp³-hybridized carbons (Fsp3) is 0.200. The Kier molecular flexibility index (Phi) is 5.43. The van der Waals surface area contributed by atoms with Crippen LogP contribution in [0.15, 0.2) is 84.9 Å². The molecule has 4 rings (SSSR count). The second-order valence-electron chi connectivity index (χ2n) is 7.39. The molecule has 0 aliphatic heterocycles. The molecule has 1 N–H and O–H groups in total. The predicted molar refractivity (Wildman–Crippen MR) is 113 cm³/mol. The number of anilines is 1. The van der Waals surface area contributed by atoms with Crippen LogP contribution in [0.3, 0.4) is 0 Å². The number of nitrogens with one attached hydrogen (secondary N) is 1. The Balaban J connectivity index is 1.37. The Morgan fingerprint density at radius 2 is 1.45 bits per heavy atom. The van der Waals surface area contributed by atoms with E-state index in [2.05, 4.69) is 17.4 Å². The molecule has 0 heterocycles. The van der Waals surface area contributed by atoms with E-state index in [0.29, 0.717) is 6.42 Å². The highest BCUT2D eigenvalue weighted by Gasteiger charge is 2.52. The third-order valence-corrected chi connectivity index (χ3v) is 5.33. The summed E-state index contributed by atoms with van der Waals surface area (Å²) < 4.78 is 5.36. The predicted octanol–water partition coefficient (Wildman–Crippen LogP) is 4.49. The number of hydrogen-bond donors (Lipinski definition) is 1. The zero-order valence-electron chi connectivity index (χ0n) is 16.1. The van der Waals surface area contributed by atoms with Gasteiger partial charge in [-0.2, -0.15) is 0 Å². The van der Waals surface area contributed by atoms with E-state index in [1.165, 1.54) is 5.56 Å². The number of benzene rings is 3. The zero-order chi connectivity index (χ0) is 20.1. The molecule has 1 aliphatic carbocycles. The number of carbonyl (C=O) groups is 2. The van der Waals surface area contributed by atoms with Gasteiger partial charge in [0.1, 0.15) is 0 Å². The van der Waals surface area contributed by atoms with E-state index in [1.807, 2.05) is 72.8 Å². The van der Waals surface area contributed by atoms with Crippen LogP contribution in [0.2, 0.25) is 0 Å². The van der Waals surface area contributed by atoms with Crippen LogP contribution in [0, 0.1) is 0 Å². The minimum absolute atomic E-state index is 0.285. The quantitative estimate of drug-likeness (QED) is 0.610. The molecule has 1 fully saturated rings. The fourth-order valence-corrected chi connectivity index (χ4v) is 3.56. The van der Waals surface area contributed by atoms with Crippen LogP contribution in [0.5, 0.6) is 0 Å². The van der Waals surface area contributed by atoms with Crippen LogP contribution in [0.25, 0.3) is 0 Å². The minimum atomic E-state index is -0.577. The van der Waals surface area contributed by atoms with Gasteiger partial charge in [-0.1, -0.05) is 78.9 Å². The molecule has 1 saturated carbocycles. The second-order valence-corrected chi connectivity index (χ2v) is 7.39. The second kappa shape index (κ2) is 8.31. The Hall–Kier alpha value is -3.40. The van der Waals surface area contributed by atoms with Gasteiger partial charge < -0.3 is 10.1 Å². The summed E-state index contributed by atoms with van der Waals surface area (Å²) in [6.07, 6.45) is 2.24. The number of hydrogen-bond acceptors (Lipinski definition) is 3. The van der Waals surface area contributed by atoms with E-state index in [0.717, 1.165) is 29.7 Å². The van der Waals surface area contributed by atoms with Gasteiger partial charge in [-0.05, 0) is 42.0 Å². The van der Waals surface area contributed by atoms with Crippen LogP contribution in [-0.4, -0.2) is 18.5 Å². The first kappa shape index (κ1) is 18.9. The maximum absolute atomic E-state index is 12.6. The molecule has 3 aromatic carbocycles. The van der Waals surface area contributed by atoms with Crippen LogP contribution in [0.4, 0.5) is 5.69 Å². The van der Waals surface area contributed by atoms with E-state index in [4.69, 9.17) is 4.74 Å². The van der Waals surface area contributed by atoms with Crippen LogP contribution < -0.4 is 5.32 Å². The molecule has 4 heteroatoms. The highest BCUT2D eigenvalue weighted by atomic mass is 16.5. The van der Waals surface area contributed by atoms with Gasteiger partial charge >= 0.3 is 5.97 Å². The summed E-state index contributed by atoms with van der Waals surface area (Å²) in [4.78, 5) is 25.0. The molecule has 1 aliphatic rings. The van der Waals surface area contributed by atoms with E-state index in [9.17, 15) is 9.59 Å². The maximum Gasteiger partial charge on any atom is 0.317 e. The standard InChI is InChI=1S/C25H23NO3/c27-23(18-29-24(28)25(15-16-25)21-12-5-2-6-13-21)26-22-14-8-7-11-20(22)17-19-9-3-1-4-10-19/h1-14H,15-18H2,(H,26,27). The summed E-state index contributed by atoms with van der Waals surface area (Å²) in [5.74, 6) is -0.654. The average Bonchev–Trinajstić information content (AvgIpc) is 3.57. The van der Waals surface area contributed by atoms with Gasteiger partial charge in [0.15, 0.2) is 6.61 Å². The van der Waals surface area contributed by atoms with Crippen molar-refractivity contribution in [1.29, 1.82) is 0 Å². The van der Waals surface area contributed by atoms with Gasteiger partial charge in [0.25, 0.3) is 5.91 Å². The number of ether oxygens (including phenoxy) is 1. The van der Waals surface area contributed by atoms with Crippen LogP contribution >= 0.6 is 0 Å². The summed E-state index contributed by atoms with van der Waals surface area (Å²) in [6.45, 7) is -0.285. The van der Waals surface area contributed by atoms with E-state index in [-0.39, 0.29) is 18.5 Å². The molecule has 0 spiro atoms. The number of esters is 1. The highest BCUT2D eigenvalue weighted by molar-refractivity contribution is 5.95. The van der Waals surface area contributed by atoms with Crippen molar-refractivity contribution < 1.29 is 14.3 Å². The maximum atomic E-state index is 12.6. The van der Waals surface area contributed by atoms with Crippen LogP contribution in [0.1, 0.15) is 29.5 Å². The number of amides is 1. The van der Waals surface area contributed by atoms with Gasteiger partial charge in [0.05, 0.1) is 5.41 Å². The normalized spacial score (nSPS) is 14.1. The lowest BCUT2D eigenvalue weighted by molar-refractivity contribution is -0.150. The van der Waals surface area contributed by atoms with Crippen molar-refractivity contribution in [2.75, 3.05) is 11.9 Å². The highest BCUT2D eigenvalue weighted by Crippen LogP contribution is 2.49. The van der Waals surface area contributed by atoms with Crippen molar-refractivity contribution in [3.05, 3.63) is 102 Å². The summed E-state index contributed by atoms with van der Waals surface area (Å²) in [7, 11) is 0. The third kappa shape index (κ3) is 4.37. The monoisotopic (exact) mass is 385 g/mol. The van der Waals surface area contributed by atoms with Crippen molar-refractivity contribution in [2.24, 2.45) is 0 Å². The van der Waals surface area contributed by atoms with Crippen molar-refractivity contribution in [3.8, 4) is 0 Å². The average molecular weight is 385 g/mol. The molecule has 29 heavy (non-hydrogen) atoms. The molecule has 3 aromatic rings. The zero-order valence-corrected chi connectivity index (χ0v) is 16.1. The van der Waals surface area contributed by atoms with E-state index < -0.39 is 5.41 Å². The number of rotatable bonds is 7. The molecular formula is C25H23NO3. The van der Waals surface area contributed by atoms with Gasteiger partial charge in [-0.3, -0.25) is 9.59 Å². The summed E-state index contributed by atoms with van der Waals surface area (Å²) in [5.41, 5.74) is 3.30. The molecule has 0 bridgehead atoms. The molecule has 0 aromatic heterocycles. The van der Waals surface area contributed by atoms with Crippen LogP contribution in [-0.2, 0) is 26.2 Å². The number of carbonyl (C=O) groups excluding carboxylic acids is 2. The topological polar surface area (TPSA) is 55.4 Å². The summed E-state index contributed by atoms with van der Waals surface area (Å²) in [5, 5.41) is 2.88. The van der Waals surface area contributed by atoms with Gasteiger partial charge in [-0.15, -0.1) is 0 Å². The first-order chi connectivity index (χ1) is 14.2. The lowest BCUT2D eigenvalue weighted by atomic mass is 9.96. The van der Waals surface area contributed by atoms with E-state index >= 15 is 0 Å². The fourth-order valence-electron chi connectivity index (χ4n) is 3.56. The first-order valence-corrected chi connectivity index (χ1v) is 9.82. The summed E-state index contributed by atoms with van der Waals surface area (Å²) >= 11 is 0. The van der Waals surface area contributed by atoms with Gasteiger partial charge in [0.2, 0.25) is 0 Å². The lowest BCUT2D eigenvalue weighted by Crippen LogP contribution is -2.28. The van der Waals surface area contributed by atoms with Gasteiger partial charge in [-0.25, -0.2) is 0 Å².